The van der Waals surface area contributed by atoms with Crippen LogP contribution in [0.5, 0.6) is 17.2 Å². The number of benzene rings is 2. The molecule has 0 spiro atoms. The summed E-state index contributed by atoms with van der Waals surface area (Å²) in [5.74, 6) is 1.95. The van der Waals surface area contributed by atoms with Crippen LogP contribution in [-0.2, 0) is 0 Å². The molecule has 0 atom stereocenters. The first-order valence-corrected chi connectivity index (χ1v) is 8.25. The number of nitrogens with one attached hydrogen (secondary N) is 1. The van der Waals surface area contributed by atoms with Gasteiger partial charge in [-0.25, -0.2) is 0 Å². The van der Waals surface area contributed by atoms with Crippen molar-refractivity contribution in [1.82, 2.24) is 5.32 Å². The van der Waals surface area contributed by atoms with E-state index in [2.05, 4.69) is 5.32 Å². The molecule has 134 valence electrons. The van der Waals surface area contributed by atoms with Crippen LogP contribution in [0.3, 0.4) is 0 Å². The van der Waals surface area contributed by atoms with Crippen molar-refractivity contribution in [2.24, 2.45) is 0 Å². The highest BCUT2D eigenvalue weighted by Gasteiger charge is 2.13. The highest BCUT2D eigenvalue weighted by atomic mass is 16.5. The zero-order valence-electron chi connectivity index (χ0n) is 15.2. The Labute approximate surface area is 148 Å². The van der Waals surface area contributed by atoms with Crippen molar-refractivity contribution in [2.75, 3.05) is 27.4 Å². The molecule has 0 unspecified atom stereocenters. The summed E-state index contributed by atoms with van der Waals surface area (Å²) >= 11 is 0. The molecule has 0 aliphatic heterocycles. The zero-order chi connectivity index (χ0) is 18.2. The molecule has 25 heavy (non-hydrogen) atoms. The second-order valence-corrected chi connectivity index (χ2v) is 5.78. The molecule has 0 saturated heterocycles. The Morgan fingerprint density at radius 2 is 1.72 bits per heavy atom. The van der Waals surface area contributed by atoms with E-state index < -0.39 is 0 Å². The topological polar surface area (TPSA) is 56.8 Å². The van der Waals surface area contributed by atoms with Crippen molar-refractivity contribution < 1.29 is 19.0 Å². The van der Waals surface area contributed by atoms with Gasteiger partial charge in [0, 0.05) is 17.7 Å². The van der Waals surface area contributed by atoms with Gasteiger partial charge in [0.2, 0.25) is 0 Å². The van der Waals surface area contributed by atoms with Gasteiger partial charge in [-0.3, -0.25) is 4.79 Å². The van der Waals surface area contributed by atoms with Crippen LogP contribution in [-0.4, -0.2) is 33.3 Å². The molecule has 1 amide bonds. The molecule has 0 saturated carbocycles. The number of aryl methyl sites for hydroxylation is 1. The fourth-order valence-electron chi connectivity index (χ4n) is 2.49. The molecule has 2 aromatic carbocycles. The third-order valence-corrected chi connectivity index (χ3v) is 3.88. The summed E-state index contributed by atoms with van der Waals surface area (Å²) < 4.78 is 16.3. The Hall–Kier alpha value is -2.69. The number of carbonyl (C=O) groups is 1. The molecule has 0 radical (unpaired) electrons. The fourth-order valence-corrected chi connectivity index (χ4v) is 2.49. The Morgan fingerprint density at radius 3 is 2.32 bits per heavy atom. The van der Waals surface area contributed by atoms with E-state index >= 15 is 0 Å². The van der Waals surface area contributed by atoms with Crippen molar-refractivity contribution in [2.45, 2.75) is 20.3 Å². The highest BCUT2D eigenvalue weighted by molar-refractivity contribution is 5.95. The molecule has 0 aromatic heterocycles. The summed E-state index contributed by atoms with van der Waals surface area (Å²) in [5, 5.41) is 2.89. The summed E-state index contributed by atoms with van der Waals surface area (Å²) in [5.41, 5.74) is 2.54. The number of rotatable bonds is 8. The van der Waals surface area contributed by atoms with Crippen molar-refractivity contribution in [3.05, 3.63) is 53.1 Å². The standard InChI is InChI=1S/C20H25NO4/c1-14-7-5-8-17(11-14)25-10-6-9-21-20(22)16-12-18(23-3)15(2)19(13-16)24-4/h5,7-8,11-13H,6,9-10H2,1-4H3,(H,21,22). The first-order chi connectivity index (χ1) is 12.0. The first-order valence-electron chi connectivity index (χ1n) is 8.25. The molecule has 1 N–H and O–H groups in total. The number of ether oxygens (including phenoxy) is 3. The predicted octanol–water partition coefficient (Wildman–Crippen LogP) is 3.52. The predicted molar refractivity (Wildman–Crippen MR) is 97.9 cm³/mol. The van der Waals surface area contributed by atoms with E-state index in [4.69, 9.17) is 14.2 Å². The number of methoxy groups -OCH3 is 2. The fraction of sp³-hybridized carbons (Fsp3) is 0.350. The maximum absolute atomic E-state index is 12.3. The lowest BCUT2D eigenvalue weighted by atomic mass is 10.1. The Kier molecular flexibility index (Phi) is 6.69. The molecular weight excluding hydrogens is 318 g/mol. The van der Waals surface area contributed by atoms with E-state index in [1.54, 1.807) is 26.4 Å². The van der Waals surface area contributed by atoms with E-state index in [0.29, 0.717) is 30.2 Å². The van der Waals surface area contributed by atoms with Crippen molar-refractivity contribution in [3.8, 4) is 17.2 Å². The van der Waals surface area contributed by atoms with Crippen molar-refractivity contribution >= 4 is 5.91 Å². The number of hydrogen-bond donors (Lipinski definition) is 1. The van der Waals surface area contributed by atoms with E-state index in [1.165, 1.54) is 0 Å². The second-order valence-electron chi connectivity index (χ2n) is 5.78. The van der Waals surface area contributed by atoms with Gasteiger partial charge in [0.25, 0.3) is 5.91 Å². The molecule has 5 nitrogen and oxygen atoms in total. The van der Waals surface area contributed by atoms with Gasteiger partial charge in [0.15, 0.2) is 0 Å². The van der Waals surface area contributed by atoms with Crippen LogP contribution >= 0.6 is 0 Å². The van der Waals surface area contributed by atoms with Crippen LogP contribution in [0.2, 0.25) is 0 Å². The third-order valence-electron chi connectivity index (χ3n) is 3.88. The number of amides is 1. The van der Waals surface area contributed by atoms with Crippen LogP contribution in [0.25, 0.3) is 0 Å². The summed E-state index contributed by atoms with van der Waals surface area (Å²) in [4.78, 5) is 12.3. The molecule has 5 heteroatoms. The van der Waals surface area contributed by atoms with E-state index in [0.717, 1.165) is 23.3 Å². The van der Waals surface area contributed by atoms with E-state index in [9.17, 15) is 4.79 Å². The minimum atomic E-state index is -0.160. The Balaban J connectivity index is 1.84. The largest absolute Gasteiger partial charge is 0.496 e. The molecule has 2 aromatic rings. The molecular formula is C20H25NO4. The number of hydrogen-bond acceptors (Lipinski definition) is 4. The smallest absolute Gasteiger partial charge is 0.251 e. The molecule has 0 aliphatic carbocycles. The van der Waals surface area contributed by atoms with Crippen LogP contribution in [0.1, 0.15) is 27.9 Å². The van der Waals surface area contributed by atoms with Gasteiger partial charge in [-0.2, -0.15) is 0 Å². The quantitative estimate of drug-likeness (QED) is 0.745. The summed E-state index contributed by atoms with van der Waals surface area (Å²) in [7, 11) is 3.15. The molecule has 0 fully saturated rings. The van der Waals surface area contributed by atoms with Crippen molar-refractivity contribution in [1.29, 1.82) is 0 Å². The van der Waals surface area contributed by atoms with Crippen molar-refractivity contribution in [3.63, 3.8) is 0 Å². The molecule has 2 rings (SSSR count). The van der Waals surface area contributed by atoms with Crippen LogP contribution in [0, 0.1) is 13.8 Å². The first kappa shape index (κ1) is 18.6. The lowest BCUT2D eigenvalue weighted by Crippen LogP contribution is -2.25. The van der Waals surface area contributed by atoms with Gasteiger partial charge in [0.05, 0.1) is 20.8 Å². The van der Waals surface area contributed by atoms with Gasteiger partial charge < -0.3 is 19.5 Å². The summed E-state index contributed by atoms with van der Waals surface area (Å²) in [6, 6.07) is 11.3. The summed E-state index contributed by atoms with van der Waals surface area (Å²) in [6.07, 6.45) is 0.722. The monoisotopic (exact) mass is 343 g/mol. The van der Waals surface area contributed by atoms with Gasteiger partial charge >= 0.3 is 0 Å². The maximum atomic E-state index is 12.3. The van der Waals surface area contributed by atoms with E-state index in [-0.39, 0.29) is 5.91 Å². The van der Waals surface area contributed by atoms with E-state index in [1.807, 2.05) is 38.1 Å². The molecule has 0 heterocycles. The molecule has 0 aliphatic rings. The Bertz CT molecular complexity index is 702. The zero-order valence-corrected chi connectivity index (χ0v) is 15.2. The second kappa shape index (κ2) is 8.97. The lowest BCUT2D eigenvalue weighted by Gasteiger charge is -2.13. The lowest BCUT2D eigenvalue weighted by molar-refractivity contribution is 0.0951. The van der Waals surface area contributed by atoms with Gasteiger partial charge in [0.1, 0.15) is 17.2 Å². The minimum absolute atomic E-state index is 0.160. The highest BCUT2D eigenvalue weighted by Crippen LogP contribution is 2.29. The normalized spacial score (nSPS) is 10.2. The third kappa shape index (κ3) is 5.14. The minimum Gasteiger partial charge on any atom is -0.496 e. The van der Waals surface area contributed by atoms with Crippen LogP contribution < -0.4 is 19.5 Å². The molecule has 0 bridgehead atoms. The average Bonchev–Trinajstić information content (AvgIpc) is 2.61. The SMILES string of the molecule is COc1cc(C(=O)NCCCOc2cccc(C)c2)cc(OC)c1C. The van der Waals surface area contributed by atoms with Crippen LogP contribution in [0.4, 0.5) is 0 Å². The maximum Gasteiger partial charge on any atom is 0.251 e. The number of carbonyl (C=O) groups excluding carboxylic acids is 1. The van der Waals surface area contributed by atoms with Crippen LogP contribution in [0.15, 0.2) is 36.4 Å². The summed E-state index contributed by atoms with van der Waals surface area (Å²) in [6.45, 7) is 4.99. The van der Waals surface area contributed by atoms with Gasteiger partial charge in [-0.15, -0.1) is 0 Å². The van der Waals surface area contributed by atoms with Gasteiger partial charge in [-0.1, -0.05) is 12.1 Å². The Morgan fingerprint density at radius 1 is 1.04 bits per heavy atom. The van der Waals surface area contributed by atoms with Gasteiger partial charge in [-0.05, 0) is 50.1 Å². The average molecular weight is 343 g/mol.